The number of ether oxygens (including phenoxy) is 1. The van der Waals surface area contributed by atoms with Crippen molar-refractivity contribution in [2.24, 2.45) is 5.92 Å². The highest BCUT2D eigenvalue weighted by Gasteiger charge is 2.15. The van der Waals surface area contributed by atoms with Gasteiger partial charge in [0.2, 0.25) is 0 Å². The van der Waals surface area contributed by atoms with E-state index in [0.717, 1.165) is 32.4 Å². The second-order valence-corrected chi connectivity index (χ2v) is 7.05. The molecule has 1 aromatic carbocycles. The van der Waals surface area contributed by atoms with E-state index in [0.29, 0.717) is 16.9 Å². The Kier molecular flexibility index (Phi) is 5.63. The molecule has 0 unspecified atom stereocenters. The van der Waals surface area contributed by atoms with Crippen LogP contribution in [0.25, 0.3) is 11.4 Å². The number of hydrogen-bond acceptors (Lipinski definition) is 3. The summed E-state index contributed by atoms with van der Waals surface area (Å²) in [7, 11) is 1.63. The van der Waals surface area contributed by atoms with Crippen molar-refractivity contribution in [2.75, 3.05) is 7.11 Å². The zero-order valence-electron chi connectivity index (χ0n) is 12.0. The minimum absolute atomic E-state index is 0.422. The normalized spacial score (nSPS) is 11.0. The molecular formula is C15H15Br2ClN2O. The maximum absolute atomic E-state index is 6.23. The Morgan fingerprint density at radius 1 is 1.24 bits per heavy atom. The summed E-state index contributed by atoms with van der Waals surface area (Å²) < 4.78 is 6.93. The van der Waals surface area contributed by atoms with Crippen LogP contribution in [0.3, 0.4) is 0 Å². The third-order valence-corrected chi connectivity index (χ3v) is 4.92. The molecule has 6 heteroatoms. The number of rotatable bonds is 4. The second-order valence-electron chi connectivity index (χ2n) is 5.04. The molecule has 0 aliphatic carbocycles. The van der Waals surface area contributed by atoms with E-state index >= 15 is 0 Å². The van der Waals surface area contributed by atoms with E-state index < -0.39 is 0 Å². The SMILES string of the molecule is COc1ccc(Br)c(-c2nc(Cl)c(Br)c(CC(C)C)n2)c1. The number of aromatic nitrogens is 2. The fourth-order valence-electron chi connectivity index (χ4n) is 1.91. The molecule has 0 radical (unpaired) electrons. The van der Waals surface area contributed by atoms with Crippen LogP contribution in [0.2, 0.25) is 5.15 Å². The maximum atomic E-state index is 6.23. The van der Waals surface area contributed by atoms with Gasteiger partial charge in [0.15, 0.2) is 5.82 Å². The van der Waals surface area contributed by atoms with Crippen molar-refractivity contribution in [1.29, 1.82) is 0 Å². The Bertz CT molecular complexity index is 662. The molecule has 2 rings (SSSR count). The molecule has 0 spiro atoms. The fourth-order valence-corrected chi connectivity index (χ4v) is 2.86. The lowest BCUT2D eigenvalue weighted by atomic mass is 10.1. The first-order chi connectivity index (χ1) is 9.92. The van der Waals surface area contributed by atoms with Crippen LogP contribution >= 0.6 is 43.5 Å². The minimum atomic E-state index is 0.422. The van der Waals surface area contributed by atoms with Gasteiger partial charge in [0.1, 0.15) is 10.9 Å². The molecule has 112 valence electrons. The summed E-state index contributed by atoms with van der Waals surface area (Å²) in [6.45, 7) is 4.28. The van der Waals surface area contributed by atoms with E-state index in [4.69, 9.17) is 16.3 Å². The summed E-state index contributed by atoms with van der Waals surface area (Å²) >= 11 is 13.2. The van der Waals surface area contributed by atoms with Gasteiger partial charge < -0.3 is 4.74 Å². The number of halogens is 3. The van der Waals surface area contributed by atoms with Crippen LogP contribution in [0.1, 0.15) is 19.5 Å². The van der Waals surface area contributed by atoms with E-state index in [1.54, 1.807) is 7.11 Å². The fraction of sp³-hybridized carbons (Fsp3) is 0.333. The molecule has 0 bridgehead atoms. The van der Waals surface area contributed by atoms with E-state index in [9.17, 15) is 0 Å². The van der Waals surface area contributed by atoms with Crippen molar-refractivity contribution in [2.45, 2.75) is 20.3 Å². The number of nitrogens with zero attached hydrogens (tertiary/aromatic N) is 2. The molecule has 0 saturated heterocycles. The Morgan fingerprint density at radius 2 is 1.95 bits per heavy atom. The van der Waals surface area contributed by atoms with Crippen molar-refractivity contribution < 1.29 is 4.74 Å². The highest BCUT2D eigenvalue weighted by atomic mass is 79.9. The monoisotopic (exact) mass is 432 g/mol. The van der Waals surface area contributed by atoms with Gasteiger partial charge in [-0.15, -0.1) is 0 Å². The molecule has 0 amide bonds. The summed E-state index contributed by atoms with van der Waals surface area (Å²) in [6, 6.07) is 5.68. The van der Waals surface area contributed by atoms with Gasteiger partial charge in [0.05, 0.1) is 17.3 Å². The van der Waals surface area contributed by atoms with Crippen LogP contribution in [0.5, 0.6) is 5.75 Å². The molecule has 1 heterocycles. The van der Waals surface area contributed by atoms with Gasteiger partial charge >= 0.3 is 0 Å². The van der Waals surface area contributed by atoms with Crippen molar-refractivity contribution in [3.05, 3.63) is 38.0 Å². The zero-order chi connectivity index (χ0) is 15.6. The first-order valence-corrected chi connectivity index (χ1v) is 8.44. The average molecular weight is 435 g/mol. The van der Waals surface area contributed by atoms with Gasteiger partial charge in [-0.1, -0.05) is 41.4 Å². The van der Waals surface area contributed by atoms with Gasteiger partial charge in [0, 0.05) is 10.0 Å². The molecule has 2 aromatic rings. The largest absolute Gasteiger partial charge is 0.497 e. The number of benzene rings is 1. The molecule has 0 N–H and O–H groups in total. The predicted octanol–water partition coefficient (Wildman–Crippen LogP) is 5.53. The average Bonchev–Trinajstić information content (AvgIpc) is 2.43. The maximum Gasteiger partial charge on any atom is 0.162 e. The van der Waals surface area contributed by atoms with Crippen LogP contribution in [-0.2, 0) is 6.42 Å². The lowest BCUT2D eigenvalue weighted by Gasteiger charge is -2.12. The van der Waals surface area contributed by atoms with Crippen LogP contribution in [0.4, 0.5) is 0 Å². The molecule has 3 nitrogen and oxygen atoms in total. The first kappa shape index (κ1) is 16.7. The van der Waals surface area contributed by atoms with Crippen molar-refractivity contribution >= 4 is 43.5 Å². The van der Waals surface area contributed by atoms with E-state index in [-0.39, 0.29) is 0 Å². The van der Waals surface area contributed by atoms with Crippen LogP contribution < -0.4 is 4.74 Å². The quantitative estimate of drug-likeness (QED) is 0.594. The topological polar surface area (TPSA) is 35.0 Å². The number of methoxy groups -OCH3 is 1. The van der Waals surface area contributed by atoms with Gasteiger partial charge in [-0.2, -0.15) is 0 Å². The van der Waals surface area contributed by atoms with Gasteiger partial charge in [-0.25, -0.2) is 9.97 Å². The summed E-state index contributed by atoms with van der Waals surface area (Å²) in [6.07, 6.45) is 0.831. The molecular weight excluding hydrogens is 419 g/mol. The van der Waals surface area contributed by atoms with Crippen LogP contribution in [-0.4, -0.2) is 17.1 Å². The second kappa shape index (κ2) is 7.07. The van der Waals surface area contributed by atoms with Crippen molar-refractivity contribution in [1.82, 2.24) is 9.97 Å². The van der Waals surface area contributed by atoms with Gasteiger partial charge in [-0.3, -0.25) is 0 Å². The van der Waals surface area contributed by atoms with E-state index in [1.165, 1.54) is 0 Å². The smallest absolute Gasteiger partial charge is 0.162 e. The van der Waals surface area contributed by atoms with Crippen molar-refractivity contribution in [3.63, 3.8) is 0 Å². The lowest BCUT2D eigenvalue weighted by Crippen LogP contribution is -2.03. The Morgan fingerprint density at radius 3 is 2.57 bits per heavy atom. The molecule has 0 atom stereocenters. The molecule has 21 heavy (non-hydrogen) atoms. The van der Waals surface area contributed by atoms with E-state index in [2.05, 4.69) is 55.7 Å². The third kappa shape index (κ3) is 3.96. The third-order valence-electron chi connectivity index (χ3n) is 2.90. The summed E-state index contributed by atoms with van der Waals surface area (Å²) in [5, 5.41) is 0.422. The number of hydrogen-bond donors (Lipinski definition) is 0. The molecule has 0 aliphatic heterocycles. The molecule has 0 saturated carbocycles. The molecule has 0 fully saturated rings. The Labute approximate surface area is 146 Å². The van der Waals surface area contributed by atoms with Crippen LogP contribution in [0.15, 0.2) is 27.1 Å². The highest BCUT2D eigenvalue weighted by molar-refractivity contribution is 9.11. The Balaban J connectivity index is 2.56. The van der Waals surface area contributed by atoms with Gasteiger partial charge in [0.25, 0.3) is 0 Å². The summed E-state index contributed by atoms with van der Waals surface area (Å²) in [4.78, 5) is 9.02. The Hall–Kier alpha value is -0.650. The van der Waals surface area contributed by atoms with Crippen LogP contribution in [0, 0.1) is 5.92 Å². The highest BCUT2D eigenvalue weighted by Crippen LogP contribution is 2.33. The van der Waals surface area contributed by atoms with Gasteiger partial charge in [-0.05, 0) is 46.5 Å². The standard InChI is InChI=1S/C15H15Br2ClN2O/c1-8(2)6-12-13(17)14(18)20-15(19-12)10-7-9(21-3)4-5-11(10)16/h4-5,7-8H,6H2,1-3H3. The summed E-state index contributed by atoms with van der Waals surface area (Å²) in [5.74, 6) is 1.82. The molecule has 0 aliphatic rings. The van der Waals surface area contributed by atoms with Crippen molar-refractivity contribution in [3.8, 4) is 17.1 Å². The molecule has 1 aromatic heterocycles. The lowest BCUT2D eigenvalue weighted by molar-refractivity contribution is 0.415. The first-order valence-electron chi connectivity index (χ1n) is 6.48. The zero-order valence-corrected chi connectivity index (χ0v) is 15.9. The predicted molar refractivity (Wildman–Crippen MR) is 93.0 cm³/mol. The summed E-state index contributed by atoms with van der Waals surface area (Å²) in [5.41, 5.74) is 1.77. The minimum Gasteiger partial charge on any atom is -0.497 e. The van der Waals surface area contributed by atoms with E-state index in [1.807, 2.05) is 18.2 Å².